The lowest BCUT2D eigenvalue weighted by Crippen LogP contribution is -2.14. The molecular weight excluding hydrogens is 283 g/mol. The maximum atomic E-state index is 12.2. The van der Waals surface area contributed by atoms with E-state index in [-0.39, 0.29) is 5.91 Å². The van der Waals surface area contributed by atoms with E-state index in [1.54, 1.807) is 36.4 Å². The summed E-state index contributed by atoms with van der Waals surface area (Å²) in [4.78, 5) is 12.2. The number of carbonyl (C=O) groups is 1. The van der Waals surface area contributed by atoms with Crippen LogP contribution in [0.3, 0.4) is 0 Å². The van der Waals surface area contributed by atoms with Gasteiger partial charge in [0.15, 0.2) is 0 Å². The van der Waals surface area contributed by atoms with Gasteiger partial charge in [0.05, 0.1) is 11.4 Å². The van der Waals surface area contributed by atoms with Gasteiger partial charge < -0.3 is 11.1 Å². The molecule has 1 amide bonds. The highest BCUT2D eigenvalue weighted by atomic mass is 35.5. The van der Waals surface area contributed by atoms with Crippen LogP contribution in [-0.4, -0.2) is 5.91 Å². The van der Waals surface area contributed by atoms with Gasteiger partial charge >= 0.3 is 0 Å². The van der Waals surface area contributed by atoms with Crippen LogP contribution in [0.4, 0.5) is 11.4 Å². The average molecular weight is 295 g/mol. The highest BCUT2D eigenvalue weighted by Crippen LogP contribution is 2.24. The Hall–Kier alpha value is -1.71. The fourth-order valence-corrected chi connectivity index (χ4v) is 2.03. The molecule has 2 rings (SSSR count). The van der Waals surface area contributed by atoms with Crippen molar-refractivity contribution < 1.29 is 4.79 Å². The van der Waals surface area contributed by atoms with Crippen molar-refractivity contribution in [2.24, 2.45) is 0 Å². The molecule has 0 heterocycles. The molecule has 19 heavy (non-hydrogen) atoms. The zero-order valence-corrected chi connectivity index (χ0v) is 11.7. The monoisotopic (exact) mass is 294 g/mol. The van der Waals surface area contributed by atoms with Crippen molar-refractivity contribution in [3.05, 3.63) is 57.6 Å². The summed E-state index contributed by atoms with van der Waals surface area (Å²) in [5.41, 5.74) is 8.09. The zero-order valence-electron chi connectivity index (χ0n) is 10.2. The summed E-state index contributed by atoms with van der Waals surface area (Å²) in [5.74, 6) is -0.256. The second-order valence-corrected chi connectivity index (χ2v) is 5.02. The highest BCUT2D eigenvalue weighted by molar-refractivity contribution is 6.31. The second-order valence-electron chi connectivity index (χ2n) is 4.14. The van der Waals surface area contributed by atoms with Crippen LogP contribution in [0.25, 0.3) is 0 Å². The highest BCUT2D eigenvalue weighted by Gasteiger charge is 2.11. The number of nitrogens with one attached hydrogen (secondary N) is 1. The summed E-state index contributed by atoms with van der Waals surface area (Å²) in [6.07, 6.45) is 0. The molecule has 0 aliphatic rings. The van der Waals surface area contributed by atoms with Gasteiger partial charge in [0, 0.05) is 15.6 Å². The van der Waals surface area contributed by atoms with Crippen LogP contribution >= 0.6 is 23.2 Å². The predicted octanol–water partition coefficient (Wildman–Crippen LogP) is 4.14. The Morgan fingerprint density at radius 3 is 2.42 bits per heavy atom. The number of aryl methyl sites for hydroxylation is 1. The average Bonchev–Trinajstić information content (AvgIpc) is 2.35. The second kappa shape index (κ2) is 5.51. The van der Waals surface area contributed by atoms with Crippen molar-refractivity contribution in [3.8, 4) is 0 Å². The first kappa shape index (κ1) is 13.7. The van der Waals surface area contributed by atoms with E-state index in [1.165, 1.54) is 0 Å². The fraction of sp³-hybridized carbons (Fsp3) is 0.0714. The number of halogens is 2. The molecule has 0 bridgehead atoms. The van der Waals surface area contributed by atoms with Crippen LogP contribution in [0.5, 0.6) is 0 Å². The van der Waals surface area contributed by atoms with E-state index >= 15 is 0 Å². The number of nitrogen functional groups attached to an aromatic ring is 1. The lowest BCUT2D eigenvalue weighted by Gasteiger charge is -2.10. The zero-order chi connectivity index (χ0) is 14.0. The smallest absolute Gasteiger partial charge is 0.256 e. The van der Waals surface area contributed by atoms with Gasteiger partial charge in [0.2, 0.25) is 0 Å². The van der Waals surface area contributed by atoms with E-state index in [2.05, 4.69) is 5.32 Å². The number of hydrogen-bond acceptors (Lipinski definition) is 2. The molecule has 0 fully saturated rings. The molecule has 5 heteroatoms. The molecule has 0 aromatic heterocycles. The van der Waals surface area contributed by atoms with E-state index in [4.69, 9.17) is 28.9 Å². The molecule has 0 atom stereocenters. The third-order valence-electron chi connectivity index (χ3n) is 2.71. The SMILES string of the molecule is Cc1ccc(Cl)cc1C(=O)Nc1ccc(Cl)cc1N. The first-order valence-corrected chi connectivity index (χ1v) is 6.35. The van der Waals surface area contributed by atoms with Gasteiger partial charge in [-0.2, -0.15) is 0 Å². The lowest BCUT2D eigenvalue weighted by molar-refractivity contribution is 0.102. The maximum Gasteiger partial charge on any atom is 0.256 e. The Bertz CT molecular complexity index is 641. The Morgan fingerprint density at radius 1 is 1.11 bits per heavy atom. The Labute approximate surface area is 121 Å². The van der Waals surface area contributed by atoms with Crippen LogP contribution in [0.15, 0.2) is 36.4 Å². The van der Waals surface area contributed by atoms with Crippen molar-refractivity contribution in [2.45, 2.75) is 6.92 Å². The van der Waals surface area contributed by atoms with Crippen LogP contribution in [0, 0.1) is 6.92 Å². The van der Waals surface area contributed by atoms with E-state index in [0.717, 1.165) is 5.56 Å². The molecule has 98 valence electrons. The summed E-state index contributed by atoms with van der Waals surface area (Å²) < 4.78 is 0. The van der Waals surface area contributed by atoms with Gasteiger partial charge in [-0.25, -0.2) is 0 Å². The van der Waals surface area contributed by atoms with Crippen molar-refractivity contribution in [1.82, 2.24) is 0 Å². The van der Waals surface area contributed by atoms with Crippen LogP contribution < -0.4 is 11.1 Å². The topological polar surface area (TPSA) is 55.1 Å². The van der Waals surface area contributed by atoms with Crippen molar-refractivity contribution in [2.75, 3.05) is 11.1 Å². The van der Waals surface area contributed by atoms with Gasteiger partial charge in [-0.15, -0.1) is 0 Å². The molecule has 0 saturated heterocycles. The summed E-state index contributed by atoms with van der Waals surface area (Å²) in [6, 6.07) is 10.1. The number of amides is 1. The van der Waals surface area contributed by atoms with Crippen LogP contribution in [0.1, 0.15) is 15.9 Å². The third kappa shape index (κ3) is 3.19. The fourth-order valence-electron chi connectivity index (χ4n) is 1.68. The minimum absolute atomic E-state index is 0.256. The summed E-state index contributed by atoms with van der Waals surface area (Å²) in [6.45, 7) is 1.84. The Morgan fingerprint density at radius 2 is 1.74 bits per heavy atom. The van der Waals surface area contributed by atoms with Gasteiger partial charge in [0.25, 0.3) is 5.91 Å². The van der Waals surface area contributed by atoms with Gasteiger partial charge in [-0.05, 0) is 42.8 Å². The molecule has 0 aliphatic heterocycles. The first-order chi connectivity index (χ1) is 8.97. The minimum atomic E-state index is -0.256. The van der Waals surface area contributed by atoms with Crippen molar-refractivity contribution in [1.29, 1.82) is 0 Å². The number of benzene rings is 2. The number of carbonyl (C=O) groups excluding carboxylic acids is 1. The molecule has 2 aromatic carbocycles. The Balaban J connectivity index is 2.28. The van der Waals surface area contributed by atoms with Crippen molar-refractivity contribution in [3.63, 3.8) is 0 Å². The molecule has 3 N–H and O–H groups in total. The molecule has 0 saturated carbocycles. The molecule has 2 aromatic rings. The molecule has 0 unspecified atom stereocenters. The first-order valence-electron chi connectivity index (χ1n) is 5.60. The normalized spacial score (nSPS) is 10.3. The minimum Gasteiger partial charge on any atom is -0.397 e. The van der Waals surface area contributed by atoms with E-state index in [1.807, 2.05) is 6.92 Å². The van der Waals surface area contributed by atoms with E-state index < -0.39 is 0 Å². The summed E-state index contributed by atoms with van der Waals surface area (Å²) >= 11 is 11.7. The summed E-state index contributed by atoms with van der Waals surface area (Å²) in [7, 11) is 0. The molecule has 3 nitrogen and oxygen atoms in total. The van der Waals surface area contributed by atoms with Crippen molar-refractivity contribution >= 4 is 40.5 Å². The van der Waals surface area contributed by atoms with Crippen LogP contribution in [0.2, 0.25) is 10.0 Å². The lowest BCUT2D eigenvalue weighted by atomic mass is 10.1. The molecule has 0 aliphatic carbocycles. The van der Waals surface area contributed by atoms with Gasteiger partial charge in [-0.1, -0.05) is 29.3 Å². The van der Waals surface area contributed by atoms with Gasteiger partial charge in [0.1, 0.15) is 0 Å². The van der Waals surface area contributed by atoms with E-state index in [0.29, 0.717) is 27.0 Å². The number of rotatable bonds is 2. The molecule has 0 spiro atoms. The number of anilines is 2. The number of nitrogens with two attached hydrogens (primary N) is 1. The largest absolute Gasteiger partial charge is 0.397 e. The quantitative estimate of drug-likeness (QED) is 0.818. The molecule has 0 radical (unpaired) electrons. The predicted molar refractivity (Wildman–Crippen MR) is 80.0 cm³/mol. The number of hydrogen-bond donors (Lipinski definition) is 2. The third-order valence-corrected chi connectivity index (χ3v) is 3.18. The maximum absolute atomic E-state index is 12.2. The molecular formula is C14H12Cl2N2O. The standard InChI is InChI=1S/C14H12Cl2N2O/c1-8-2-3-9(15)6-11(8)14(19)18-13-5-4-10(16)7-12(13)17/h2-7H,17H2,1H3,(H,18,19). The van der Waals surface area contributed by atoms with E-state index in [9.17, 15) is 4.79 Å². The van der Waals surface area contributed by atoms with Crippen LogP contribution in [-0.2, 0) is 0 Å². The Kier molecular flexibility index (Phi) is 3.98. The summed E-state index contributed by atoms with van der Waals surface area (Å²) in [5, 5.41) is 3.78. The van der Waals surface area contributed by atoms with Gasteiger partial charge in [-0.3, -0.25) is 4.79 Å².